The lowest BCUT2D eigenvalue weighted by atomic mass is 9.90. The van der Waals surface area contributed by atoms with Gasteiger partial charge in [0.1, 0.15) is 5.60 Å². The second-order valence-corrected chi connectivity index (χ2v) is 9.33. The van der Waals surface area contributed by atoms with Crippen LogP contribution in [0.3, 0.4) is 0 Å². The van der Waals surface area contributed by atoms with Gasteiger partial charge in [0, 0.05) is 57.4 Å². The first kappa shape index (κ1) is 18.3. The van der Waals surface area contributed by atoms with E-state index in [-0.39, 0.29) is 11.7 Å². The van der Waals surface area contributed by atoms with Gasteiger partial charge in [-0.1, -0.05) is 13.8 Å². The minimum atomic E-state index is -0.212. The van der Waals surface area contributed by atoms with E-state index in [1.807, 2.05) is 4.90 Å². The van der Waals surface area contributed by atoms with Crippen LogP contribution < -0.4 is 0 Å². The van der Waals surface area contributed by atoms with E-state index in [1.165, 1.54) is 17.9 Å². The smallest absolute Gasteiger partial charge is 0.410 e. The van der Waals surface area contributed by atoms with Gasteiger partial charge in [-0.25, -0.2) is 4.79 Å². The zero-order chi connectivity index (χ0) is 17.2. The van der Waals surface area contributed by atoms with Crippen LogP contribution in [0.5, 0.6) is 0 Å². The Morgan fingerprint density at radius 1 is 1.38 bits per heavy atom. The third kappa shape index (κ3) is 4.38. The van der Waals surface area contributed by atoms with E-state index in [9.17, 15) is 4.79 Å². The van der Waals surface area contributed by atoms with Crippen molar-refractivity contribution in [3.8, 4) is 0 Å². The zero-order valence-corrected chi connectivity index (χ0v) is 16.3. The van der Waals surface area contributed by atoms with Gasteiger partial charge in [0.2, 0.25) is 0 Å². The molecule has 3 fully saturated rings. The maximum Gasteiger partial charge on any atom is 0.410 e. The predicted molar refractivity (Wildman–Crippen MR) is 99.7 cm³/mol. The van der Waals surface area contributed by atoms with Gasteiger partial charge in [-0.3, -0.25) is 4.90 Å². The fourth-order valence-electron chi connectivity index (χ4n) is 4.24. The number of hydrogen-bond acceptors (Lipinski definition) is 5. The third-order valence-electron chi connectivity index (χ3n) is 5.60. The lowest BCUT2D eigenvalue weighted by Crippen LogP contribution is -2.50. The second kappa shape index (κ2) is 7.83. The standard InChI is InChI=1S/C18H33N3O2S/c1-15(2)12-19(3)9-10-21-14-18(23-17(21)22)5-7-20(8-6-18)16-4-11-24-13-16/h15-16H,4-14H2,1-3H3. The van der Waals surface area contributed by atoms with Crippen LogP contribution in [0.4, 0.5) is 4.79 Å². The van der Waals surface area contributed by atoms with Crippen molar-refractivity contribution >= 4 is 17.9 Å². The Balaban J connectivity index is 1.46. The van der Waals surface area contributed by atoms with E-state index < -0.39 is 0 Å². The molecule has 0 aliphatic carbocycles. The summed E-state index contributed by atoms with van der Waals surface area (Å²) in [5.41, 5.74) is -0.212. The van der Waals surface area contributed by atoms with E-state index in [1.54, 1.807) is 0 Å². The Labute approximate surface area is 151 Å². The summed E-state index contributed by atoms with van der Waals surface area (Å²) in [4.78, 5) is 19.1. The first-order chi connectivity index (χ1) is 11.5. The molecule has 0 saturated carbocycles. The van der Waals surface area contributed by atoms with Gasteiger partial charge in [-0.15, -0.1) is 0 Å². The predicted octanol–water partition coefficient (Wildman–Crippen LogP) is 2.37. The number of thioether (sulfide) groups is 1. The molecule has 3 aliphatic heterocycles. The molecule has 0 radical (unpaired) electrons. The molecule has 1 atom stereocenters. The first-order valence-corrected chi connectivity index (χ1v) is 10.6. The molecule has 0 aromatic heterocycles. The molecule has 1 unspecified atom stereocenters. The molecule has 0 aromatic carbocycles. The third-order valence-corrected chi connectivity index (χ3v) is 6.75. The highest BCUT2D eigenvalue weighted by molar-refractivity contribution is 7.99. The van der Waals surface area contributed by atoms with Crippen LogP contribution in [-0.2, 0) is 4.74 Å². The van der Waals surface area contributed by atoms with E-state index in [0.29, 0.717) is 5.92 Å². The summed E-state index contributed by atoms with van der Waals surface area (Å²) in [7, 11) is 2.13. The van der Waals surface area contributed by atoms with Gasteiger partial charge >= 0.3 is 6.09 Å². The Kier molecular flexibility index (Phi) is 5.98. The molecule has 0 bridgehead atoms. The number of likely N-dealkylation sites (tertiary alicyclic amines) is 1. The van der Waals surface area contributed by atoms with Gasteiger partial charge < -0.3 is 14.5 Å². The number of amides is 1. The maximum absolute atomic E-state index is 12.3. The van der Waals surface area contributed by atoms with Crippen molar-refractivity contribution in [2.45, 2.75) is 44.8 Å². The lowest BCUT2D eigenvalue weighted by molar-refractivity contribution is -0.00743. The normalized spacial score (nSPS) is 27.6. The van der Waals surface area contributed by atoms with Crippen molar-refractivity contribution in [3.63, 3.8) is 0 Å². The number of likely N-dealkylation sites (N-methyl/N-ethyl adjacent to an activating group) is 1. The highest BCUT2D eigenvalue weighted by atomic mass is 32.2. The molecule has 6 heteroatoms. The molecule has 1 amide bonds. The number of carbonyl (C=O) groups excluding carboxylic acids is 1. The number of nitrogens with zero attached hydrogens (tertiary/aromatic N) is 3. The molecular formula is C18H33N3O2S. The molecular weight excluding hydrogens is 322 g/mol. The molecule has 3 aliphatic rings. The number of rotatable bonds is 6. The Hall–Kier alpha value is -0.460. The molecule has 24 heavy (non-hydrogen) atoms. The number of piperidine rings is 1. The van der Waals surface area contributed by atoms with Crippen molar-refractivity contribution in [3.05, 3.63) is 0 Å². The van der Waals surface area contributed by atoms with Gasteiger partial charge in [0.25, 0.3) is 0 Å². The summed E-state index contributed by atoms with van der Waals surface area (Å²) in [6.07, 6.45) is 3.22. The van der Waals surface area contributed by atoms with Gasteiger partial charge in [0.15, 0.2) is 0 Å². The van der Waals surface area contributed by atoms with Gasteiger partial charge in [-0.05, 0) is 25.1 Å². The molecule has 0 aromatic rings. The monoisotopic (exact) mass is 355 g/mol. The van der Waals surface area contributed by atoms with Crippen LogP contribution in [-0.4, -0.2) is 90.3 Å². The summed E-state index contributed by atoms with van der Waals surface area (Å²) in [6, 6.07) is 0.755. The Bertz CT molecular complexity index is 432. The fraction of sp³-hybridized carbons (Fsp3) is 0.944. The van der Waals surface area contributed by atoms with Crippen molar-refractivity contribution in [1.29, 1.82) is 0 Å². The molecule has 138 valence electrons. The Morgan fingerprint density at radius 3 is 2.75 bits per heavy atom. The summed E-state index contributed by atoms with van der Waals surface area (Å²) >= 11 is 2.07. The van der Waals surface area contributed by atoms with Crippen molar-refractivity contribution < 1.29 is 9.53 Å². The minimum Gasteiger partial charge on any atom is -0.441 e. The molecule has 0 N–H and O–H groups in total. The zero-order valence-electron chi connectivity index (χ0n) is 15.5. The van der Waals surface area contributed by atoms with Crippen LogP contribution in [0.1, 0.15) is 33.1 Å². The number of carbonyl (C=O) groups is 1. The average Bonchev–Trinajstić information content (AvgIpc) is 3.14. The summed E-state index contributed by atoms with van der Waals surface area (Å²) < 4.78 is 5.86. The van der Waals surface area contributed by atoms with E-state index in [0.717, 1.165) is 58.2 Å². The highest BCUT2D eigenvalue weighted by Crippen LogP contribution is 2.35. The SMILES string of the molecule is CC(C)CN(C)CCN1CC2(CCN(C3CCSC3)CC2)OC1=O. The largest absolute Gasteiger partial charge is 0.441 e. The quantitative estimate of drug-likeness (QED) is 0.731. The molecule has 1 spiro atoms. The van der Waals surface area contributed by atoms with Crippen molar-refractivity contribution in [2.24, 2.45) is 5.92 Å². The minimum absolute atomic E-state index is 0.0992. The van der Waals surface area contributed by atoms with Gasteiger partial charge in [-0.2, -0.15) is 11.8 Å². The first-order valence-electron chi connectivity index (χ1n) is 9.46. The lowest BCUT2D eigenvalue weighted by Gasteiger charge is -2.40. The topological polar surface area (TPSA) is 36.0 Å². The molecule has 3 heterocycles. The summed E-state index contributed by atoms with van der Waals surface area (Å²) in [5.74, 6) is 3.24. The molecule has 3 saturated heterocycles. The van der Waals surface area contributed by atoms with E-state index in [2.05, 4.69) is 42.5 Å². The van der Waals surface area contributed by atoms with E-state index >= 15 is 0 Å². The molecule has 5 nitrogen and oxygen atoms in total. The number of ether oxygens (including phenoxy) is 1. The average molecular weight is 356 g/mol. The highest BCUT2D eigenvalue weighted by Gasteiger charge is 2.47. The maximum atomic E-state index is 12.3. The van der Waals surface area contributed by atoms with Gasteiger partial charge in [0.05, 0.1) is 6.54 Å². The van der Waals surface area contributed by atoms with E-state index in [4.69, 9.17) is 4.74 Å². The van der Waals surface area contributed by atoms with Crippen LogP contribution in [0.15, 0.2) is 0 Å². The van der Waals surface area contributed by atoms with Crippen LogP contribution in [0.2, 0.25) is 0 Å². The summed E-state index contributed by atoms with van der Waals surface area (Å²) in [5, 5.41) is 0. The van der Waals surface area contributed by atoms with Crippen molar-refractivity contribution in [2.75, 3.05) is 57.8 Å². The number of hydrogen-bond donors (Lipinski definition) is 0. The second-order valence-electron chi connectivity index (χ2n) is 8.18. The Morgan fingerprint density at radius 2 is 2.12 bits per heavy atom. The fourth-order valence-corrected chi connectivity index (χ4v) is 5.49. The summed E-state index contributed by atoms with van der Waals surface area (Å²) in [6.45, 7) is 10.2. The molecule has 3 rings (SSSR count). The van der Waals surface area contributed by atoms with Crippen LogP contribution in [0.25, 0.3) is 0 Å². The van der Waals surface area contributed by atoms with Crippen LogP contribution >= 0.6 is 11.8 Å². The van der Waals surface area contributed by atoms with Crippen LogP contribution in [0, 0.1) is 5.92 Å². The van der Waals surface area contributed by atoms with Crippen molar-refractivity contribution in [1.82, 2.24) is 14.7 Å².